The number of carbonyl (C=O) groups excluding carboxylic acids is 2. The summed E-state index contributed by atoms with van der Waals surface area (Å²) >= 11 is 0. The average Bonchev–Trinajstić information content (AvgIpc) is 2.95. The molecule has 2 heterocycles. The second kappa shape index (κ2) is 7.21. The Kier molecular flexibility index (Phi) is 5.16. The number of amides is 2. The third-order valence-corrected chi connectivity index (χ3v) is 5.37. The Bertz CT molecular complexity index is 721. The minimum Gasteiger partial charge on any atom is -0.337 e. The minimum absolute atomic E-state index is 0.0306. The number of aliphatic imine (C=N–C) groups is 1. The van der Waals surface area contributed by atoms with E-state index in [1.165, 1.54) is 0 Å². The van der Waals surface area contributed by atoms with Gasteiger partial charge in [-0.3, -0.25) is 10.4 Å². The van der Waals surface area contributed by atoms with Crippen LogP contribution in [-0.2, 0) is 17.8 Å². The van der Waals surface area contributed by atoms with Gasteiger partial charge in [-0.15, -0.1) is 0 Å². The molecule has 0 spiro atoms. The van der Waals surface area contributed by atoms with E-state index < -0.39 is 0 Å². The average molecular weight is 360 g/mol. The van der Waals surface area contributed by atoms with Crippen LogP contribution in [0.5, 0.6) is 0 Å². The van der Waals surface area contributed by atoms with Crippen molar-refractivity contribution < 1.29 is 9.59 Å². The maximum atomic E-state index is 12.4. The first-order valence-corrected chi connectivity index (χ1v) is 9.19. The van der Waals surface area contributed by atoms with Crippen molar-refractivity contribution in [2.45, 2.75) is 59.0 Å². The van der Waals surface area contributed by atoms with E-state index in [0.29, 0.717) is 12.4 Å². The van der Waals surface area contributed by atoms with Gasteiger partial charge in [0.15, 0.2) is 5.82 Å². The number of fused-ring (bicyclic) bond motifs is 1. The Balaban J connectivity index is 1.59. The van der Waals surface area contributed by atoms with E-state index in [1.54, 1.807) is 6.08 Å². The standard InChI is InChI=1S/C18H28N6O2/c1-17(2)6-12(21-11-25)7-18(3,9-17)10-20-16(26)22-15-13-4-5-19-8-14(13)23-24-15/h12,19H,4-10H2,1-3H3,(H3,20,22,23,24,26). The van der Waals surface area contributed by atoms with Gasteiger partial charge in [0, 0.05) is 18.7 Å². The Morgan fingerprint density at radius 3 is 2.96 bits per heavy atom. The van der Waals surface area contributed by atoms with E-state index in [2.05, 4.69) is 51.9 Å². The largest absolute Gasteiger partial charge is 0.337 e. The van der Waals surface area contributed by atoms with Crippen LogP contribution in [0.4, 0.5) is 10.6 Å². The highest BCUT2D eigenvalue weighted by Crippen LogP contribution is 2.46. The molecular weight excluding hydrogens is 332 g/mol. The molecule has 1 saturated carbocycles. The molecule has 0 saturated heterocycles. The van der Waals surface area contributed by atoms with E-state index in [-0.39, 0.29) is 22.9 Å². The third-order valence-electron chi connectivity index (χ3n) is 5.37. The summed E-state index contributed by atoms with van der Waals surface area (Å²) in [7, 11) is 0. The Hall–Kier alpha value is -2.18. The van der Waals surface area contributed by atoms with Gasteiger partial charge in [0.1, 0.15) is 0 Å². The minimum atomic E-state index is -0.252. The SMILES string of the molecule is CC1(C)CC(N=C=O)CC(C)(CNC(=O)Nc2n[nH]c3c2CCNC3)C1. The fraction of sp³-hybridized carbons (Fsp3) is 0.722. The number of aromatic nitrogens is 2. The summed E-state index contributed by atoms with van der Waals surface area (Å²) in [5, 5.41) is 16.3. The molecule has 1 aliphatic carbocycles. The molecule has 4 N–H and O–H groups in total. The van der Waals surface area contributed by atoms with Crippen LogP contribution in [0.25, 0.3) is 0 Å². The molecule has 8 heteroatoms. The van der Waals surface area contributed by atoms with Gasteiger partial charge in [-0.2, -0.15) is 5.10 Å². The molecule has 1 aliphatic heterocycles. The van der Waals surface area contributed by atoms with Crippen molar-refractivity contribution in [1.29, 1.82) is 0 Å². The lowest BCUT2D eigenvalue weighted by Crippen LogP contribution is -2.45. The zero-order valence-corrected chi connectivity index (χ0v) is 15.7. The lowest BCUT2D eigenvalue weighted by Gasteiger charge is -2.45. The number of H-pyrrole nitrogens is 1. The van der Waals surface area contributed by atoms with Crippen LogP contribution >= 0.6 is 0 Å². The number of urea groups is 1. The Morgan fingerprint density at radius 2 is 2.19 bits per heavy atom. The second-order valence-electron chi connectivity index (χ2n) is 8.70. The molecule has 0 radical (unpaired) electrons. The van der Waals surface area contributed by atoms with Crippen molar-refractivity contribution in [3.05, 3.63) is 11.3 Å². The topological polar surface area (TPSA) is 111 Å². The smallest absolute Gasteiger partial charge is 0.320 e. The van der Waals surface area contributed by atoms with Crippen LogP contribution in [0.3, 0.4) is 0 Å². The second-order valence-corrected chi connectivity index (χ2v) is 8.70. The van der Waals surface area contributed by atoms with Gasteiger partial charge in [-0.25, -0.2) is 14.6 Å². The molecule has 26 heavy (non-hydrogen) atoms. The summed E-state index contributed by atoms with van der Waals surface area (Å²) in [4.78, 5) is 27.0. The van der Waals surface area contributed by atoms with Crippen molar-refractivity contribution in [3.63, 3.8) is 0 Å². The summed E-state index contributed by atoms with van der Waals surface area (Å²) < 4.78 is 0. The van der Waals surface area contributed by atoms with Gasteiger partial charge in [0.25, 0.3) is 0 Å². The molecule has 1 aromatic heterocycles. The Labute approximate surface area is 153 Å². The maximum absolute atomic E-state index is 12.4. The van der Waals surface area contributed by atoms with Crippen LogP contribution < -0.4 is 16.0 Å². The molecular formula is C18H28N6O2. The summed E-state index contributed by atoms with van der Waals surface area (Å²) in [5.74, 6) is 0.608. The molecule has 3 rings (SSSR count). The molecule has 0 aromatic carbocycles. The van der Waals surface area contributed by atoms with Gasteiger partial charge < -0.3 is 10.6 Å². The number of nitrogens with one attached hydrogen (secondary N) is 4. The van der Waals surface area contributed by atoms with E-state index in [1.807, 2.05) is 0 Å². The highest BCUT2D eigenvalue weighted by Gasteiger charge is 2.41. The van der Waals surface area contributed by atoms with Crippen LogP contribution in [-0.4, -0.2) is 41.4 Å². The summed E-state index contributed by atoms with van der Waals surface area (Å²) in [5.41, 5.74) is 2.06. The molecule has 1 aromatic rings. The fourth-order valence-corrected chi connectivity index (χ4v) is 4.67. The normalized spacial score (nSPS) is 27.1. The first-order valence-electron chi connectivity index (χ1n) is 9.19. The number of aromatic amines is 1. The van der Waals surface area contributed by atoms with Crippen molar-refractivity contribution in [2.75, 3.05) is 18.4 Å². The van der Waals surface area contributed by atoms with Crippen molar-refractivity contribution in [3.8, 4) is 0 Å². The number of anilines is 1. The summed E-state index contributed by atoms with van der Waals surface area (Å²) in [6.07, 6.45) is 5.15. The molecule has 2 atom stereocenters. The Morgan fingerprint density at radius 1 is 1.38 bits per heavy atom. The fourth-order valence-electron chi connectivity index (χ4n) is 4.67. The predicted octanol–water partition coefficient (Wildman–Crippen LogP) is 2.10. The van der Waals surface area contributed by atoms with Gasteiger partial charge in [0.05, 0.1) is 11.7 Å². The number of hydrogen-bond donors (Lipinski definition) is 4. The van der Waals surface area contributed by atoms with Crippen molar-refractivity contribution in [1.82, 2.24) is 20.8 Å². The van der Waals surface area contributed by atoms with Crippen LogP contribution in [0.1, 0.15) is 51.3 Å². The van der Waals surface area contributed by atoms with Gasteiger partial charge >= 0.3 is 6.03 Å². The van der Waals surface area contributed by atoms with E-state index >= 15 is 0 Å². The number of isocyanates is 1. The molecule has 0 bridgehead atoms. The number of rotatable bonds is 4. The highest BCUT2D eigenvalue weighted by molar-refractivity contribution is 5.89. The molecule has 2 unspecified atom stereocenters. The first kappa shape index (κ1) is 18.6. The molecule has 142 valence electrons. The zero-order chi connectivity index (χ0) is 18.8. The van der Waals surface area contributed by atoms with Crippen molar-refractivity contribution >= 4 is 17.9 Å². The summed E-state index contributed by atoms with van der Waals surface area (Å²) in [6.45, 7) is 8.67. The zero-order valence-electron chi connectivity index (χ0n) is 15.7. The van der Waals surface area contributed by atoms with E-state index in [0.717, 1.165) is 50.0 Å². The van der Waals surface area contributed by atoms with Gasteiger partial charge in [-0.1, -0.05) is 20.8 Å². The maximum Gasteiger partial charge on any atom is 0.320 e. The number of nitrogens with zero attached hydrogens (tertiary/aromatic N) is 2. The molecule has 2 aliphatic rings. The molecule has 2 amide bonds. The quantitative estimate of drug-likeness (QED) is 0.487. The molecule has 8 nitrogen and oxygen atoms in total. The van der Waals surface area contributed by atoms with Crippen LogP contribution in [0, 0.1) is 10.8 Å². The lowest BCUT2D eigenvalue weighted by atomic mass is 9.63. The van der Waals surface area contributed by atoms with Crippen molar-refractivity contribution in [2.24, 2.45) is 15.8 Å². The van der Waals surface area contributed by atoms with Crippen LogP contribution in [0.15, 0.2) is 4.99 Å². The summed E-state index contributed by atoms with van der Waals surface area (Å²) in [6, 6.07) is -0.283. The van der Waals surface area contributed by atoms with Gasteiger partial charge in [0.2, 0.25) is 6.08 Å². The monoisotopic (exact) mass is 360 g/mol. The first-order chi connectivity index (χ1) is 12.3. The molecule has 1 fully saturated rings. The predicted molar refractivity (Wildman–Crippen MR) is 98.7 cm³/mol. The highest BCUT2D eigenvalue weighted by atomic mass is 16.2. The lowest BCUT2D eigenvalue weighted by molar-refractivity contribution is 0.0855. The number of carbonyl (C=O) groups is 1. The van der Waals surface area contributed by atoms with Crippen LogP contribution in [0.2, 0.25) is 0 Å². The van der Waals surface area contributed by atoms with E-state index in [4.69, 9.17) is 0 Å². The number of hydrogen-bond acceptors (Lipinski definition) is 5. The van der Waals surface area contributed by atoms with E-state index in [9.17, 15) is 9.59 Å². The van der Waals surface area contributed by atoms with Gasteiger partial charge in [-0.05, 0) is 43.1 Å². The third kappa shape index (κ3) is 4.31.